The molecule has 1 aromatic carbocycles. The largest absolute Gasteiger partial charge is 0.491 e. The molecule has 0 saturated heterocycles. The number of halogens is 1. The fourth-order valence-corrected chi connectivity index (χ4v) is 2.78. The number of nitrogens with one attached hydrogen (secondary N) is 1. The average Bonchev–Trinajstić information content (AvgIpc) is 2.85. The number of ether oxygens (including phenoxy) is 1. The van der Waals surface area contributed by atoms with E-state index in [1.54, 1.807) is 0 Å². The van der Waals surface area contributed by atoms with Gasteiger partial charge in [-0.3, -0.25) is 4.79 Å². The Labute approximate surface area is 139 Å². The van der Waals surface area contributed by atoms with Crippen LogP contribution in [0, 0.1) is 5.92 Å². The van der Waals surface area contributed by atoms with E-state index < -0.39 is 0 Å². The van der Waals surface area contributed by atoms with Crippen molar-refractivity contribution < 1.29 is 9.53 Å². The summed E-state index contributed by atoms with van der Waals surface area (Å²) in [5, 5.41) is 3.08. The number of hydrogen-bond donors (Lipinski definition) is 2. The zero-order chi connectivity index (χ0) is 15.4. The van der Waals surface area contributed by atoms with Crippen molar-refractivity contribution in [1.29, 1.82) is 0 Å². The normalized spacial score (nSPS) is 22.0. The third kappa shape index (κ3) is 5.18. The average molecular weight is 327 g/mol. The van der Waals surface area contributed by atoms with Crippen LogP contribution in [0.15, 0.2) is 24.3 Å². The Kier molecular flexibility index (Phi) is 7.17. The van der Waals surface area contributed by atoms with E-state index in [9.17, 15) is 4.79 Å². The van der Waals surface area contributed by atoms with E-state index in [4.69, 9.17) is 10.5 Å². The Morgan fingerprint density at radius 3 is 2.36 bits per heavy atom. The first-order valence-electron chi connectivity index (χ1n) is 7.78. The van der Waals surface area contributed by atoms with Crippen LogP contribution in [0.1, 0.15) is 51.6 Å². The summed E-state index contributed by atoms with van der Waals surface area (Å²) < 4.78 is 5.62. The highest BCUT2D eigenvalue weighted by Crippen LogP contribution is 2.25. The van der Waals surface area contributed by atoms with Crippen molar-refractivity contribution in [2.24, 2.45) is 11.7 Å². The van der Waals surface area contributed by atoms with Gasteiger partial charge in [-0.05, 0) is 57.7 Å². The second-order valence-corrected chi connectivity index (χ2v) is 6.24. The van der Waals surface area contributed by atoms with E-state index in [-0.39, 0.29) is 42.4 Å². The maximum absolute atomic E-state index is 12.2. The second-order valence-electron chi connectivity index (χ2n) is 6.24. The van der Waals surface area contributed by atoms with Crippen LogP contribution in [0.3, 0.4) is 0 Å². The van der Waals surface area contributed by atoms with E-state index in [0.29, 0.717) is 0 Å². The van der Waals surface area contributed by atoms with Gasteiger partial charge in [-0.25, -0.2) is 0 Å². The molecule has 1 aliphatic rings. The first kappa shape index (κ1) is 18.8. The Bertz CT molecular complexity index is 476. The lowest BCUT2D eigenvalue weighted by atomic mass is 10.0. The van der Waals surface area contributed by atoms with Crippen LogP contribution in [-0.4, -0.2) is 18.1 Å². The molecule has 1 fully saturated rings. The maximum Gasteiger partial charge on any atom is 0.223 e. The van der Waals surface area contributed by atoms with Gasteiger partial charge in [-0.2, -0.15) is 0 Å². The van der Waals surface area contributed by atoms with Gasteiger partial charge >= 0.3 is 0 Å². The van der Waals surface area contributed by atoms with Crippen molar-refractivity contribution in [1.82, 2.24) is 5.32 Å². The minimum Gasteiger partial charge on any atom is -0.491 e. The summed E-state index contributed by atoms with van der Waals surface area (Å²) >= 11 is 0. The molecule has 1 aliphatic carbocycles. The van der Waals surface area contributed by atoms with Crippen molar-refractivity contribution in [3.8, 4) is 5.75 Å². The van der Waals surface area contributed by atoms with Crippen LogP contribution >= 0.6 is 12.4 Å². The molecular formula is C17H27ClN2O2. The molecule has 1 saturated carbocycles. The lowest BCUT2D eigenvalue weighted by molar-refractivity contribution is -0.125. The van der Waals surface area contributed by atoms with Crippen LogP contribution in [-0.2, 0) is 4.79 Å². The maximum atomic E-state index is 12.2. The summed E-state index contributed by atoms with van der Waals surface area (Å²) in [7, 11) is 0. The van der Waals surface area contributed by atoms with Crippen LogP contribution in [0.2, 0.25) is 0 Å². The van der Waals surface area contributed by atoms with Gasteiger partial charge in [-0.1, -0.05) is 12.1 Å². The van der Waals surface area contributed by atoms with Crippen molar-refractivity contribution in [3.63, 3.8) is 0 Å². The third-order valence-electron chi connectivity index (χ3n) is 3.95. The zero-order valence-electron chi connectivity index (χ0n) is 13.5. The molecule has 1 amide bonds. The second kappa shape index (κ2) is 8.39. The van der Waals surface area contributed by atoms with Crippen LogP contribution in [0.5, 0.6) is 5.75 Å². The fourth-order valence-electron chi connectivity index (χ4n) is 2.78. The minimum absolute atomic E-state index is 0. The van der Waals surface area contributed by atoms with Crippen LogP contribution in [0.25, 0.3) is 0 Å². The zero-order valence-corrected chi connectivity index (χ0v) is 14.4. The summed E-state index contributed by atoms with van der Waals surface area (Å²) in [6.07, 6.45) is 2.83. The number of rotatable bonds is 5. The van der Waals surface area contributed by atoms with Crippen LogP contribution < -0.4 is 15.8 Å². The molecule has 22 heavy (non-hydrogen) atoms. The Hall–Kier alpha value is -1.26. The lowest BCUT2D eigenvalue weighted by Gasteiger charge is -2.18. The number of carbonyl (C=O) groups is 1. The molecule has 0 aromatic heterocycles. The van der Waals surface area contributed by atoms with Gasteiger partial charge in [-0.15, -0.1) is 12.4 Å². The highest BCUT2D eigenvalue weighted by molar-refractivity contribution is 5.85. The SMILES string of the molecule is CC(C)Oc1ccc(C(C)NC(=O)C2CCC(N)C2)cc1.Cl. The molecule has 3 atom stereocenters. The summed E-state index contributed by atoms with van der Waals surface area (Å²) in [4.78, 5) is 12.2. The Morgan fingerprint density at radius 2 is 1.86 bits per heavy atom. The Balaban J connectivity index is 0.00000242. The van der Waals surface area contributed by atoms with Gasteiger partial charge in [0.1, 0.15) is 5.75 Å². The number of amides is 1. The molecule has 0 bridgehead atoms. The van der Waals surface area contributed by atoms with Gasteiger partial charge < -0.3 is 15.8 Å². The molecule has 3 N–H and O–H groups in total. The number of hydrogen-bond acceptors (Lipinski definition) is 3. The predicted octanol–water partition coefficient (Wildman–Crippen LogP) is 3.20. The number of benzene rings is 1. The topological polar surface area (TPSA) is 64.3 Å². The van der Waals surface area contributed by atoms with Crippen molar-refractivity contribution >= 4 is 18.3 Å². The molecule has 0 spiro atoms. The summed E-state index contributed by atoms with van der Waals surface area (Å²) in [6.45, 7) is 6.01. The fraction of sp³-hybridized carbons (Fsp3) is 0.588. The van der Waals surface area contributed by atoms with Crippen molar-refractivity contribution in [2.75, 3.05) is 0 Å². The molecule has 124 valence electrons. The molecule has 0 heterocycles. The lowest BCUT2D eigenvalue weighted by Crippen LogP contribution is -2.32. The summed E-state index contributed by atoms with van der Waals surface area (Å²) in [5.41, 5.74) is 6.95. The van der Waals surface area contributed by atoms with E-state index in [0.717, 1.165) is 30.6 Å². The van der Waals surface area contributed by atoms with Gasteiger partial charge in [0.05, 0.1) is 12.1 Å². The van der Waals surface area contributed by atoms with E-state index >= 15 is 0 Å². The first-order chi connectivity index (χ1) is 9.95. The Morgan fingerprint density at radius 1 is 1.23 bits per heavy atom. The highest BCUT2D eigenvalue weighted by Gasteiger charge is 2.28. The summed E-state index contributed by atoms with van der Waals surface area (Å²) in [6, 6.07) is 8.09. The number of nitrogens with two attached hydrogens (primary N) is 1. The molecule has 4 nitrogen and oxygen atoms in total. The van der Waals surface area contributed by atoms with E-state index in [1.807, 2.05) is 45.0 Å². The highest BCUT2D eigenvalue weighted by atomic mass is 35.5. The minimum atomic E-state index is 0. The third-order valence-corrected chi connectivity index (χ3v) is 3.95. The predicted molar refractivity (Wildman–Crippen MR) is 91.3 cm³/mol. The van der Waals surface area contributed by atoms with Gasteiger partial charge in [0.15, 0.2) is 0 Å². The molecule has 0 radical (unpaired) electrons. The summed E-state index contributed by atoms with van der Waals surface area (Å²) in [5.74, 6) is 1.05. The van der Waals surface area contributed by atoms with Gasteiger partial charge in [0, 0.05) is 12.0 Å². The smallest absolute Gasteiger partial charge is 0.223 e. The first-order valence-corrected chi connectivity index (χ1v) is 7.78. The molecule has 1 aromatic rings. The number of carbonyl (C=O) groups excluding carboxylic acids is 1. The van der Waals surface area contributed by atoms with Gasteiger partial charge in [0.25, 0.3) is 0 Å². The van der Waals surface area contributed by atoms with E-state index in [2.05, 4.69) is 5.32 Å². The van der Waals surface area contributed by atoms with Crippen molar-refractivity contribution in [3.05, 3.63) is 29.8 Å². The van der Waals surface area contributed by atoms with Gasteiger partial charge in [0.2, 0.25) is 5.91 Å². The molecule has 2 rings (SSSR count). The van der Waals surface area contributed by atoms with Crippen molar-refractivity contribution in [2.45, 2.75) is 58.2 Å². The quantitative estimate of drug-likeness (QED) is 0.873. The van der Waals surface area contributed by atoms with Crippen LogP contribution in [0.4, 0.5) is 0 Å². The molecule has 5 heteroatoms. The molecular weight excluding hydrogens is 300 g/mol. The molecule has 0 aliphatic heterocycles. The molecule has 3 unspecified atom stereocenters. The monoisotopic (exact) mass is 326 g/mol. The standard InChI is InChI=1S/C17H26N2O2.ClH/c1-11(2)21-16-8-5-13(6-9-16)12(3)19-17(20)14-4-7-15(18)10-14;/h5-6,8-9,11-12,14-15H,4,7,10,18H2,1-3H3,(H,19,20);1H. The van der Waals surface area contributed by atoms with E-state index in [1.165, 1.54) is 0 Å².